The molecule has 0 saturated carbocycles. The van der Waals surface area contributed by atoms with Gasteiger partial charge in [0.15, 0.2) is 5.16 Å². The van der Waals surface area contributed by atoms with E-state index in [2.05, 4.69) is 5.32 Å². The van der Waals surface area contributed by atoms with Gasteiger partial charge in [-0.3, -0.25) is 14.2 Å². The van der Waals surface area contributed by atoms with Crippen LogP contribution in [0.4, 0.5) is 5.69 Å². The number of carbonyl (C=O) groups is 1. The summed E-state index contributed by atoms with van der Waals surface area (Å²) in [4.78, 5) is 31.1. The second-order valence-corrected chi connectivity index (χ2v) is 10.3. The lowest BCUT2D eigenvalue weighted by Crippen LogP contribution is -2.24. The molecule has 2 heterocycles. The van der Waals surface area contributed by atoms with Crippen LogP contribution in [0.1, 0.15) is 5.56 Å². The van der Waals surface area contributed by atoms with Gasteiger partial charge >= 0.3 is 0 Å². The fraction of sp³-hybridized carbons (Fsp3) is 0.0800. The van der Waals surface area contributed by atoms with Crippen LogP contribution in [-0.2, 0) is 11.3 Å². The van der Waals surface area contributed by atoms with Crippen molar-refractivity contribution in [2.24, 2.45) is 0 Å². The van der Waals surface area contributed by atoms with Crippen LogP contribution in [0.3, 0.4) is 0 Å². The van der Waals surface area contributed by atoms with Crippen LogP contribution in [0, 0.1) is 0 Å². The topological polar surface area (TPSA) is 64.0 Å². The molecule has 0 spiro atoms. The monoisotopic (exact) mass is 525 g/mol. The van der Waals surface area contributed by atoms with Crippen LogP contribution in [0.25, 0.3) is 20.3 Å². The van der Waals surface area contributed by atoms with Gasteiger partial charge in [-0.25, -0.2) is 4.98 Å². The zero-order valence-electron chi connectivity index (χ0n) is 17.6. The van der Waals surface area contributed by atoms with Gasteiger partial charge in [0.2, 0.25) is 5.91 Å². The normalized spacial score (nSPS) is 11.2. The Kier molecular flexibility index (Phi) is 6.61. The number of halogens is 2. The van der Waals surface area contributed by atoms with Gasteiger partial charge in [0.1, 0.15) is 4.70 Å². The largest absolute Gasteiger partial charge is 0.324 e. The van der Waals surface area contributed by atoms with E-state index < -0.39 is 0 Å². The van der Waals surface area contributed by atoms with Gasteiger partial charge in [0, 0.05) is 15.1 Å². The van der Waals surface area contributed by atoms with Crippen molar-refractivity contribution in [3.63, 3.8) is 0 Å². The number of aromatic nitrogens is 2. The number of amides is 1. The van der Waals surface area contributed by atoms with E-state index in [0.717, 1.165) is 15.6 Å². The third kappa shape index (κ3) is 4.57. The van der Waals surface area contributed by atoms with Gasteiger partial charge < -0.3 is 5.32 Å². The first-order valence-electron chi connectivity index (χ1n) is 10.3. The van der Waals surface area contributed by atoms with Gasteiger partial charge in [-0.05, 0) is 29.8 Å². The zero-order chi connectivity index (χ0) is 23.7. The lowest BCUT2D eigenvalue weighted by Gasteiger charge is -2.13. The molecule has 5 rings (SSSR count). The van der Waals surface area contributed by atoms with Crippen molar-refractivity contribution in [1.29, 1.82) is 0 Å². The van der Waals surface area contributed by atoms with E-state index in [1.54, 1.807) is 34.9 Å². The molecule has 0 aliphatic rings. The number of nitrogens with zero attached hydrogens (tertiary/aromatic N) is 2. The predicted molar refractivity (Wildman–Crippen MR) is 143 cm³/mol. The number of hydrogen-bond donors (Lipinski definition) is 1. The number of anilines is 1. The van der Waals surface area contributed by atoms with Gasteiger partial charge in [-0.2, -0.15) is 0 Å². The number of para-hydroxylation sites is 1. The summed E-state index contributed by atoms with van der Waals surface area (Å²) in [6, 6.07) is 22.2. The highest BCUT2D eigenvalue weighted by Crippen LogP contribution is 2.32. The maximum absolute atomic E-state index is 13.6. The minimum atomic E-state index is -0.244. The average molecular weight is 526 g/mol. The number of hydrogen-bond acceptors (Lipinski definition) is 5. The maximum atomic E-state index is 13.6. The average Bonchev–Trinajstić information content (AvgIpc) is 3.21. The van der Waals surface area contributed by atoms with Gasteiger partial charge in [0.05, 0.1) is 28.5 Å². The molecule has 0 fully saturated rings. The maximum Gasteiger partial charge on any atom is 0.272 e. The molecule has 1 amide bonds. The molecule has 0 atom stereocenters. The summed E-state index contributed by atoms with van der Waals surface area (Å²) in [5.74, 6) is -0.180. The summed E-state index contributed by atoms with van der Waals surface area (Å²) in [5, 5.41) is 5.21. The first-order valence-corrected chi connectivity index (χ1v) is 12.9. The number of fused-ring (bicyclic) bond motifs is 3. The lowest BCUT2D eigenvalue weighted by molar-refractivity contribution is -0.113. The van der Waals surface area contributed by atoms with E-state index in [1.165, 1.54) is 23.1 Å². The summed E-state index contributed by atoms with van der Waals surface area (Å²) in [6.07, 6.45) is 0. The highest BCUT2D eigenvalue weighted by molar-refractivity contribution is 7.99. The van der Waals surface area contributed by atoms with Crippen LogP contribution >= 0.6 is 46.3 Å². The fourth-order valence-electron chi connectivity index (χ4n) is 3.58. The van der Waals surface area contributed by atoms with Crippen LogP contribution in [0.5, 0.6) is 0 Å². The van der Waals surface area contributed by atoms with Crippen LogP contribution < -0.4 is 10.9 Å². The van der Waals surface area contributed by atoms with Gasteiger partial charge in [0.25, 0.3) is 5.56 Å². The number of thiophene rings is 1. The van der Waals surface area contributed by atoms with Crippen molar-refractivity contribution >= 4 is 78.2 Å². The van der Waals surface area contributed by atoms with E-state index in [4.69, 9.17) is 28.2 Å². The molecule has 170 valence electrons. The summed E-state index contributed by atoms with van der Waals surface area (Å²) < 4.78 is 3.16. The van der Waals surface area contributed by atoms with E-state index in [-0.39, 0.29) is 23.8 Å². The fourth-order valence-corrected chi connectivity index (χ4v) is 5.84. The number of benzene rings is 3. The molecule has 9 heteroatoms. The Morgan fingerprint density at radius 1 is 0.971 bits per heavy atom. The van der Waals surface area contributed by atoms with E-state index in [1.807, 2.05) is 42.5 Å². The Labute approximate surface area is 213 Å². The summed E-state index contributed by atoms with van der Waals surface area (Å²) in [5.41, 5.74) is 1.83. The molecular weight excluding hydrogens is 509 g/mol. The number of nitrogens with one attached hydrogen (secondary N) is 1. The zero-order valence-corrected chi connectivity index (χ0v) is 20.8. The van der Waals surface area contributed by atoms with Crippen molar-refractivity contribution in [2.75, 3.05) is 11.1 Å². The van der Waals surface area contributed by atoms with Gasteiger partial charge in [-0.15, -0.1) is 11.3 Å². The molecule has 2 aromatic heterocycles. The quantitative estimate of drug-likeness (QED) is 0.198. The highest BCUT2D eigenvalue weighted by atomic mass is 35.5. The van der Waals surface area contributed by atoms with E-state index in [9.17, 15) is 9.59 Å². The molecule has 0 bridgehead atoms. The number of carbonyl (C=O) groups excluding carboxylic acids is 1. The molecule has 5 aromatic rings. The minimum absolute atomic E-state index is 0.0633. The van der Waals surface area contributed by atoms with Crippen molar-refractivity contribution < 1.29 is 4.79 Å². The predicted octanol–water partition coefficient (Wildman–Crippen LogP) is 6.70. The van der Waals surface area contributed by atoms with Crippen LogP contribution in [0.15, 0.2) is 82.7 Å². The van der Waals surface area contributed by atoms with Crippen molar-refractivity contribution in [3.05, 3.63) is 98.8 Å². The molecule has 0 radical (unpaired) electrons. The molecule has 5 nitrogen and oxygen atoms in total. The second-order valence-electron chi connectivity index (χ2n) is 7.47. The molecule has 0 aliphatic heterocycles. The third-order valence-corrected chi connectivity index (χ3v) is 8.04. The Hall–Kier alpha value is -2.84. The Morgan fingerprint density at radius 2 is 1.68 bits per heavy atom. The van der Waals surface area contributed by atoms with Crippen LogP contribution in [-0.4, -0.2) is 21.2 Å². The van der Waals surface area contributed by atoms with E-state index >= 15 is 0 Å². The van der Waals surface area contributed by atoms with Crippen molar-refractivity contribution in [3.8, 4) is 0 Å². The first kappa shape index (κ1) is 22.9. The molecule has 0 unspecified atom stereocenters. The smallest absolute Gasteiger partial charge is 0.272 e. The molecule has 1 N–H and O–H groups in total. The minimum Gasteiger partial charge on any atom is -0.324 e. The Balaban J connectivity index is 1.53. The van der Waals surface area contributed by atoms with Crippen molar-refractivity contribution in [1.82, 2.24) is 9.55 Å². The van der Waals surface area contributed by atoms with Gasteiger partial charge in [-0.1, -0.05) is 83.5 Å². The number of rotatable bonds is 6. The van der Waals surface area contributed by atoms with Crippen LogP contribution in [0.2, 0.25) is 10.0 Å². The molecular formula is C25H17Cl2N3O2S2. The van der Waals surface area contributed by atoms with Crippen molar-refractivity contribution in [2.45, 2.75) is 11.7 Å². The number of thioether (sulfide) groups is 1. The highest BCUT2D eigenvalue weighted by Gasteiger charge is 2.18. The Morgan fingerprint density at radius 3 is 2.47 bits per heavy atom. The third-order valence-electron chi connectivity index (χ3n) is 5.21. The summed E-state index contributed by atoms with van der Waals surface area (Å²) >= 11 is 15.2. The summed E-state index contributed by atoms with van der Waals surface area (Å²) in [6.45, 7) is 0.254. The second kappa shape index (κ2) is 9.80. The summed E-state index contributed by atoms with van der Waals surface area (Å²) in [7, 11) is 0. The molecule has 34 heavy (non-hydrogen) atoms. The molecule has 3 aromatic carbocycles. The SMILES string of the molecule is O=C(CSc1nc2c(sc3ccccc32)c(=O)n1Cc1ccccc1Cl)Nc1ccccc1Cl. The molecule has 0 saturated heterocycles. The standard InChI is InChI=1S/C25H17Cl2N3O2S2/c26-17-9-3-1-7-15(17)13-30-24(32)23-22(16-8-2-6-12-20(16)34-23)29-25(30)33-14-21(31)28-19-11-5-4-10-18(19)27/h1-12H,13-14H2,(H,28,31). The Bertz CT molecular complexity index is 1600. The lowest BCUT2D eigenvalue weighted by atomic mass is 10.2. The molecule has 0 aliphatic carbocycles. The van der Waals surface area contributed by atoms with E-state index in [0.29, 0.717) is 31.1 Å². The first-order chi connectivity index (χ1) is 16.5.